The Morgan fingerprint density at radius 3 is 3.00 bits per heavy atom. The molecular weight excluding hydrogens is 92.1 g/mol. The maximum atomic E-state index is 6.36. The quantitative estimate of drug-likeness (QED) is 0.471. The van der Waals surface area contributed by atoms with Gasteiger partial charge in [0.25, 0.3) is 0 Å². The predicted molar refractivity (Wildman–Crippen MR) is 22.6 cm³/mol. The summed E-state index contributed by atoms with van der Waals surface area (Å²) in [7, 11) is 0. The zero-order valence-corrected chi connectivity index (χ0v) is 3.42. The average molecular weight is 94.1 g/mol. The van der Waals surface area contributed by atoms with Crippen LogP contribution in [0.1, 0.15) is 0 Å². The van der Waals surface area contributed by atoms with Crippen molar-refractivity contribution in [1.82, 2.24) is 15.4 Å². The molecule has 0 saturated carbocycles. The molecule has 0 fully saturated rings. The van der Waals surface area contributed by atoms with Gasteiger partial charge in [0.15, 0.2) is 0 Å². The molecule has 0 aromatic carbocycles. The summed E-state index contributed by atoms with van der Waals surface area (Å²) in [5.74, 6) is 0.306. The molecule has 1 aromatic heterocycles. The Hall–Kier alpha value is -1.37. The lowest BCUT2D eigenvalue weighted by atomic mass is 10.8. The van der Waals surface area contributed by atoms with Gasteiger partial charge in [0, 0.05) is 0 Å². The van der Waals surface area contributed by atoms with Crippen molar-refractivity contribution in [1.29, 1.82) is 0 Å². The summed E-state index contributed by atoms with van der Waals surface area (Å²) in [6.07, 6.45) is 1.37. The third-order valence-electron chi connectivity index (χ3n) is 0.517. The first-order valence-corrected chi connectivity index (χ1v) is 1.66. The molecule has 0 atom stereocenters. The van der Waals surface area contributed by atoms with E-state index in [-0.39, 0.29) is 0 Å². The van der Waals surface area contributed by atoms with Gasteiger partial charge in [-0.15, -0.1) is 5.21 Å². The number of nitrogens with zero attached hydrogens (tertiary/aromatic N) is 3. The maximum Gasteiger partial charge on any atom is 0.315 e. The number of hydrogen-bond acceptors (Lipinski definition) is 2. The molecule has 0 amide bonds. The second kappa shape index (κ2) is 1.39. The van der Waals surface area contributed by atoms with Crippen molar-refractivity contribution >= 4 is 5.82 Å². The molecule has 0 aliphatic heterocycles. The van der Waals surface area contributed by atoms with Gasteiger partial charge in [-0.1, -0.05) is 6.57 Å². The van der Waals surface area contributed by atoms with Crippen LogP contribution in [0.4, 0.5) is 5.82 Å². The molecule has 4 heteroatoms. The van der Waals surface area contributed by atoms with E-state index in [0.717, 1.165) is 0 Å². The fourth-order valence-electron chi connectivity index (χ4n) is 0.249. The lowest BCUT2D eigenvalue weighted by Crippen LogP contribution is -1.63. The topological polar surface area (TPSA) is 45.9 Å². The summed E-state index contributed by atoms with van der Waals surface area (Å²) in [5, 5.41) is 9.15. The Morgan fingerprint density at radius 1 is 1.86 bits per heavy atom. The van der Waals surface area contributed by atoms with E-state index in [1.807, 2.05) is 0 Å². The lowest BCUT2D eigenvalue weighted by Gasteiger charge is -1.62. The third kappa shape index (κ3) is 0.550. The molecule has 0 radical (unpaired) electrons. The first kappa shape index (κ1) is 3.81. The van der Waals surface area contributed by atoms with E-state index in [4.69, 9.17) is 6.57 Å². The zero-order chi connectivity index (χ0) is 5.11. The Morgan fingerprint density at radius 2 is 2.71 bits per heavy atom. The summed E-state index contributed by atoms with van der Waals surface area (Å²) >= 11 is 0. The normalized spacial score (nSPS) is 7.86. The van der Waals surface area contributed by atoms with Crippen LogP contribution in [0, 0.1) is 6.57 Å². The van der Waals surface area contributed by atoms with Gasteiger partial charge < -0.3 is 4.85 Å². The lowest BCUT2D eigenvalue weighted by molar-refractivity contribution is 0.944. The van der Waals surface area contributed by atoms with Gasteiger partial charge in [-0.3, -0.25) is 0 Å². The van der Waals surface area contributed by atoms with Crippen molar-refractivity contribution in [3.63, 3.8) is 0 Å². The molecule has 0 saturated heterocycles. The SMILES string of the molecule is [C-]#[N+]c1cn[nH]n1. The summed E-state index contributed by atoms with van der Waals surface area (Å²) in [4.78, 5) is 2.98. The first-order chi connectivity index (χ1) is 3.43. The van der Waals surface area contributed by atoms with Crippen molar-refractivity contribution in [3.8, 4) is 0 Å². The number of rotatable bonds is 0. The smallest absolute Gasteiger partial charge is 0.315 e. The van der Waals surface area contributed by atoms with Gasteiger partial charge in [-0.05, 0) is 5.10 Å². The molecule has 34 valence electrons. The summed E-state index contributed by atoms with van der Waals surface area (Å²) in [5.41, 5.74) is 0. The second-order valence-corrected chi connectivity index (χ2v) is 0.940. The highest BCUT2D eigenvalue weighted by Gasteiger charge is 1.86. The van der Waals surface area contributed by atoms with Crippen molar-refractivity contribution in [2.75, 3.05) is 0 Å². The van der Waals surface area contributed by atoms with E-state index in [0.29, 0.717) is 5.82 Å². The molecule has 0 unspecified atom stereocenters. The van der Waals surface area contributed by atoms with Gasteiger partial charge >= 0.3 is 5.82 Å². The molecule has 1 N–H and O–H groups in total. The van der Waals surface area contributed by atoms with Crippen LogP contribution in [0.15, 0.2) is 6.20 Å². The van der Waals surface area contributed by atoms with Crippen LogP contribution in [0.5, 0.6) is 0 Å². The fraction of sp³-hybridized carbons (Fsp3) is 0. The van der Waals surface area contributed by atoms with Gasteiger partial charge in [0.2, 0.25) is 0 Å². The highest BCUT2D eigenvalue weighted by molar-refractivity contribution is 5.28. The molecule has 0 aliphatic rings. The second-order valence-electron chi connectivity index (χ2n) is 0.940. The molecule has 4 nitrogen and oxygen atoms in total. The number of aromatic amines is 1. The van der Waals surface area contributed by atoms with E-state index < -0.39 is 0 Å². The standard InChI is InChI=1S/C3H2N4/c1-4-3-2-5-7-6-3/h2H,(H,5,6,7). The number of hydrogen-bond donors (Lipinski definition) is 1. The summed E-state index contributed by atoms with van der Waals surface area (Å²) < 4.78 is 0. The van der Waals surface area contributed by atoms with E-state index >= 15 is 0 Å². The van der Waals surface area contributed by atoms with Crippen molar-refractivity contribution in [3.05, 3.63) is 17.6 Å². The van der Waals surface area contributed by atoms with Crippen molar-refractivity contribution in [2.24, 2.45) is 0 Å². The van der Waals surface area contributed by atoms with Crippen LogP contribution in [0.25, 0.3) is 4.85 Å². The molecule has 0 aliphatic carbocycles. The number of aromatic nitrogens is 3. The maximum absolute atomic E-state index is 6.36. The number of H-pyrrole nitrogens is 1. The van der Waals surface area contributed by atoms with E-state index in [2.05, 4.69) is 20.3 Å². The summed E-state index contributed by atoms with van der Waals surface area (Å²) in [6.45, 7) is 6.36. The van der Waals surface area contributed by atoms with Gasteiger partial charge in [-0.2, -0.15) is 5.10 Å². The monoisotopic (exact) mass is 94.0 g/mol. The van der Waals surface area contributed by atoms with Gasteiger partial charge in [0.1, 0.15) is 0 Å². The Kier molecular flexibility index (Phi) is 0.755. The zero-order valence-electron chi connectivity index (χ0n) is 3.42. The van der Waals surface area contributed by atoms with Crippen LogP contribution in [-0.4, -0.2) is 15.4 Å². The number of nitrogens with one attached hydrogen (secondary N) is 1. The fourth-order valence-corrected chi connectivity index (χ4v) is 0.249. The Labute approximate surface area is 40.0 Å². The molecule has 0 bridgehead atoms. The van der Waals surface area contributed by atoms with Crippen LogP contribution in [0.2, 0.25) is 0 Å². The Bertz CT molecular complexity index is 169. The molecule has 0 spiro atoms. The minimum Gasteiger partial charge on any atom is -0.358 e. The first-order valence-electron chi connectivity index (χ1n) is 1.66. The van der Waals surface area contributed by atoms with Gasteiger partial charge in [-0.25, -0.2) is 0 Å². The van der Waals surface area contributed by atoms with Crippen LogP contribution in [-0.2, 0) is 0 Å². The molecule has 1 aromatic rings. The van der Waals surface area contributed by atoms with Crippen molar-refractivity contribution in [2.45, 2.75) is 0 Å². The largest absolute Gasteiger partial charge is 0.358 e. The van der Waals surface area contributed by atoms with E-state index in [1.54, 1.807) is 0 Å². The van der Waals surface area contributed by atoms with Gasteiger partial charge in [0.05, 0.1) is 6.20 Å². The Balaban J connectivity index is 3.04. The highest BCUT2D eigenvalue weighted by atomic mass is 15.3. The predicted octanol–water partition coefficient (Wildman–Crippen LogP) is 0.355. The minimum atomic E-state index is 0.306. The van der Waals surface area contributed by atoms with Crippen molar-refractivity contribution < 1.29 is 0 Å². The third-order valence-corrected chi connectivity index (χ3v) is 0.517. The molecule has 7 heavy (non-hydrogen) atoms. The average Bonchev–Trinajstić information content (AvgIpc) is 2.14. The van der Waals surface area contributed by atoms with E-state index in [1.165, 1.54) is 6.20 Å². The molecular formula is C3H2N4. The summed E-state index contributed by atoms with van der Waals surface area (Å²) in [6, 6.07) is 0. The van der Waals surface area contributed by atoms with Crippen LogP contribution < -0.4 is 0 Å². The highest BCUT2D eigenvalue weighted by Crippen LogP contribution is 1.98. The molecule has 1 heterocycles. The van der Waals surface area contributed by atoms with Crippen LogP contribution in [0.3, 0.4) is 0 Å². The van der Waals surface area contributed by atoms with Crippen LogP contribution >= 0.6 is 0 Å². The van der Waals surface area contributed by atoms with E-state index in [9.17, 15) is 0 Å². The minimum absolute atomic E-state index is 0.306. The molecule has 1 rings (SSSR count).